The summed E-state index contributed by atoms with van der Waals surface area (Å²) in [4.78, 5) is 0. The van der Waals surface area contributed by atoms with Crippen molar-refractivity contribution >= 4 is 11.6 Å². The van der Waals surface area contributed by atoms with E-state index in [9.17, 15) is 24.8 Å². The molecule has 0 bridgehead atoms. The molecule has 1 heterocycles. The van der Waals surface area contributed by atoms with E-state index in [0.29, 0.717) is 29.0 Å². The van der Waals surface area contributed by atoms with Gasteiger partial charge in [-0.3, -0.25) is 0 Å². The Morgan fingerprint density at radius 2 is 1.67 bits per heavy atom. The van der Waals surface area contributed by atoms with Crippen molar-refractivity contribution in [3.63, 3.8) is 0 Å². The first kappa shape index (κ1) is 26.0. The lowest BCUT2D eigenvalue weighted by Crippen LogP contribution is -2.55. The molecule has 3 rings (SSSR count). The molecule has 0 unspecified atom stereocenters. The van der Waals surface area contributed by atoms with E-state index in [-0.39, 0.29) is 13.2 Å². The van der Waals surface area contributed by atoms with Gasteiger partial charge in [0.05, 0.1) is 19.8 Å². The predicted molar refractivity (Wildman–Crippen MR) is 123 cm³/mol. The molecule has 4 N–H and O–H groups in total. The first-order valence-electron chi connectivity index (χ1n) is 11.2. The van der Waals surface area contributed by atoms with Crippen molar-refractivity contribution in [3.8, 4) is 0 Å². The Hall–Kier alpha value is -1.58. The average molecular weight is 483 g/mol. The average Bonchev–Trinajstić information content (AvgIpc) is 2.83. The van der Waals surface area contributed by atoms with E-state index in [4.69, 9.17) is 21.1 Å². The molecule has 0 radical (unpaired) electrons. The van der Waals surface area contributed by atoms with Gasteiger partial charge in [0.15, 0.2) is 0 Å². The molecule has 1 fully saturated rings. The standard InChI is InChI=1S/C25H32ClFO6/c1-2-15-3-5-16(6-4-15)11-18-12-19(17(13-20(18)26)7-9-32-10-8-27)25-24(31)23(30)22(29)21(14-28)33-25/h3-6,12-13,21-25,28-31H,2,7-11,14H2,1H3/t21-,22-,23+,24-,25+/m1/s1. The fourth-order valence-corrected chi connectivity index (χ4v) is 4.36. The van der Waals surface area contributed by atoms with Gasteiger partial charge in [0.25, 0.3) is 0 Å². The Morgan fingerprint density at radius 3 is 2.30 bits per heavy atom. The van der Waals surface area contributed by atoms with Gasteiger partial charge < -0.3 is 29.9 Å². The minimum Gasteiger partial charge on any atom is -0.394 e. The highest BCUT2D eigenvalue weighted by Gasteiger charge is 2.44. The van der Waals surface area contributed by atoms with Crippen LogP contribution in [0.5, 0.6) is 0 Å². The summed E-state index contributed by atoms with van der Waals surface area (Å²) in [6, 6.07) is 11.8. The molecule has 33 heavy (non-hydrogen) atoms. The van der Waals surface area contributed by atoms with Crippen LogP contribution in [0, 0.1) is 0 Å². The smallest absolute Gasteiger partial charge is 0.113 e. The number of halogens is 2. The van der Waals surface area contributed by atoms with Crippen LogP contribution in [0.25, 0.3) is 0 Å². The zero-order valence-electron chi connectivity index (χ0n) is 18.7. The third kappa shape index (κ3) is 6.31. The Kier molecular flexibility index (Phi) is 9.64. The van der Waals surface area contributed by atoms with E-state index < -0.39 is 43.8 Å². The molecular formula is C25H32ClFO6. The lowest BCUT2D eigenvalue weighted by Gasteiger charge is -2.41. The molecule has 1 saturated heterocycles. The van der Waals surface area contributed by atoms with E-state index in [0.717, 1.165) is 17.5 Å². The second-order valence-electron chi connectivity index (χ2n) is 8.29. The molecule has 1 aliphatic rings. The van der Waals surface area contributed by atoms with Crippen LogP contribution >= 0.6 is 11.6 Å². The molecule has 2 aromatic carbocycles. The molecule has 0 spiro atoms. The number of alkyl halides is 1. The van der Waals surface area contributed by atoms with Crippen LogP contribution in [-0.2, 0) is 28.7 Å². The number of aliphatic hydroxyl groups is 4. The molecule has 8 heteroatoms. The number of aryl methyl sites for hydroxylation is 1. The number of ether oxygens (including phenoxy) is 2. The van der Waals surface area contributed by atoms with Crippen LogP contribution < -0.4 is 0 Å². The Bertz CT molecular complexity index is 891. The summed E-state index contributed by atoms with van der Waals surface area (Å²) in [5.41, 5.74) is 4.40. The van der Waals surface area contributed by atoms with E-state index in [1.807, 2.05) is 18.2 Å². The zero-order valence-corrected chi connectivity index (χ0v) is 19.4. The van der Waals surface area contributed by atoms with Crippen molar-refractivity contribution < 1.29 is 34.3 Å². The van der Waals surface area contributed by atoms with E-state index in [1.165, 1.54) is 5.56 Å². The number of rotatable bonds is 10. The van der Waals surface area contributed by atoms with Crippen LogP contribution in [-0.4, -0.2) is 71.3 Å². The molecule has 182 valence electrons. The van der Waals surface area contributed by atoms with Crippen molar-refractivity contribution in [1.82, 2.24) is 0 Å². The van der Waals surface area contributed by atoms with Gasteiger partial charge in [-0.05, 0) is 53.1 Å². The number of benzene rings is 2. The first-order valence-corrected chi connectivity index (χ1v) is 11.6. The minimum absolute atomic E-state index is 0.0189. The van der Waals surface area contributed by atoms with Gasteiger partial charge in [-0.1, -0.05) is 48.9 Å². The van der Waals surface area contributed by atoms with Crippen LogP contribution in [0.3, 0.4) is 0 Å². The van der Waals surface area contributed by atoms with Crippen LogP contribution in [0.15, 0.2) is 36.4 Å². The molecule has 0 amide bonds. The summed E-state index contributed by atoms with van der Waals surface area (Å²) < 4.78 is 23.5. The highest BCUT2D eigenvalue weighted by molar-refractivity contribution is 6.31. The highest BCUT2D eigenvalue weighted by Crippen LogP contribution is 2.37. The Labute approximate surface area is 198 Å². The largest absolute Gasteiger partial charge is 0.394 e. The van der Waals surface area contributed by atoms with Gasteiger partial charge in [-0.15, -0.1) is 0 Å². The van der Waals surface area contributed by atoms with E-state index in [2.05, 4.69) is 19.1 Å². The summed E-state index contributed by atoms with van der Waals surface area (Å²) in [6.45, 7) is 1.21. The molecule has 0 aromatic heterocycles. The lowest BCUT2D eigenvalue weighted by molar-refractivity contribution is -0.231. The second-order valence-corrected chi connectivity index (χ2v) is 8.70. The summed E-state index contributed by atoms with van der Waals surface area (Å²) in [5, 5.41) is 41.2. The quantitative estimate of drug-likeness (QED) is 0.388. The molecule has 0 saturated carbocycles. The van der Waals surface area contributed by atoms with Crippen LogP contribution in [0.4, 0.5) is 4.39 Å². The number of hydrogen-bond acceptors (Lipinski definition) is 6. The maximum absolute atomic E-state index is 12.4. The van der Waals surface area contributed by atoms with Gasteiger partial charge in [0.1, 0.15) is 37.2 Å². The van der Waals surface area contributed by atoms with Crippen LogP contribution in [0.2, 0.25) is 5.02 Å². The minimum atomic E-state index is -1.49. The summed E-state index contributed by atoms with van der Waals surface area (Å²) >= 11 is 6.60. The Balaban J connectivity index is 1.95. The SMILES string of the molecule is CCc1ccc(Cc2cc([C@@H]3O[C@H](CO)[C@@H](O)[C@H](O)[C@H]3O)c(CCOCCF)cc2Cl)cc1. The van der Waals surface area contributed by atoms with Crippen molar-refractivity contribution in [2.45, 2.75) is 56.7 Å². The first-order chi connectivity index (χ1) is 15.9. The third-order valence-corrected chi connectivity index (χ3v) is 6.42. The molecule has 2 aromatic rings. The van der Waals surface area contributed by atoms with Crippen molar-refractivity contribution in [3.05, 3.63) is 69.2 Å². The topological polar surface area (TPSA) is 99.4 Å². The summed E-state index contributed by atoms with van der Waals surface area (Å²) in [5.74, 6) is 0. The molecule has 5 atom stereocenters. The maximum Gasteiger partial charge on any atom is 0.113 e. The normalized spacial score (nSPS) is 25.4. The number of hydrogen-bond donors (Lipinski definition) is 4. The summed E-state index contributed by atoms with van der Waals surface area (Å²) in [7, 11) is 0. The van der Waals surface area contributed by atoms with Crippen molar-refractivity contribution in [2.24, 2.45) is 0 Å². The van der Waals surface area contributed by atoms with Crippen molar-refractivity contribution in [2.75, 3.05) is 26.5 Å². The maximum atomic E-state index is 12.4. The van der Waals surface area contributed by atoms with Gasteiger partial charge >= 0.3 is 0 Å². The highest BCUT2D eigenvalue weighted by atomic mass is 35.5. The second kappa shape index (κ2) is 12.2. The third-order valence-electron chi connectivity index (χ3n) is 6.07. The molecular weight excluding hydrogens is 451 g/mol. The van der Waals surface area contributed by atoms with E-state index >= 15 is 0 Å². The Morgan fingerprint density at radius 1 is 0.970 bits per heavy atom. The van der Waals surface area contributed by atoms with E-state index in [1.54, 1.807) is 6.07 Å². The van der Waals surface area contributed by atoms with Crippen LogP contribution in [0.1, 0.15) is 40.8 Å². The zero-order chi connectivity index (χ0) is 24.0. The summed E-state index contributed by atoms with van der Waals surface area (Å²) in [6.07, 6.45) is -4.48. The fourth-order valence-electron chi connectivity index (χ4n) is 4.11. The molecule has 1 aliphatic heterocycles. The monoisotopic (exact) mass is 482 g/mol. The van der Waals surface area contributed by atoms with Crippen molar-refractivity contribution in [1.29, 1.82) is 0 Å². The predicted octanol–water partition coefficient (Wildman–Crippen LogP) is 2.54. The lowest BCUT2D eigenvalue weighted by atomic mass is 9.87. The molecule has 6 nitrogen and oxygen atoms in total. The number of aliphatic hydroxyl groups excluding tert-OH is 4. The van der Waals surface area contributed by atoms with Gasteiger partial charge in [-0.25, -0.2) is 4.39 Å². The fraction of sp³-hybridized carbons (Fsp3) is 0.520. The van der Waals surface area contributed by atoms with Gasteiger partial charge in [-0.2, -0.15) is 0 Å². The van der Waals surface area contributed by atoms with Gasteiger partial charge in [0.2, 0.25) is 0 Å². The molecule has 0 aliphatic carbocycles. The van der Waals surface area contributed by atoms with Gasteiger partial charge in [0, 0.05) is 5.02 Å².